The molecule has 6 heteroatoms. The van der Waals surface area contributed by atoms with E-state index >= 15 is 0 Å². The third kappa shape index (κ3) is 2.71. The van der Waals surface area contributed by atoms with Crippen LogP contribution in [-0.2, 0) is 14.2 Å². The average Bonchev–Trinajstić information content (AvgIpc) is 2.53. The monoisotopic (exact) mass is 215 g/mol. The van der Waals surface area contributed by atoms with Gasteiger partial charge < -0.3 is 15.0 Å². The van der Waals surface area contributed by atoms with Gasteiger partial charge in [-0.15, -0.1) is 0 Å². The summed E-state index contributed by atoms with van der Waals surface area (Å²) in [5.41, 5.74) is 0. The van der Waals surface area contributed by atoms with E-state index in [9.17, 15) is 9.59 Å². The largest absolute Gasteiger partial charge is 0.635 e. The molecule has 0 spiro atoms. The molecule has 1 rings (SSSR count). The first-order chi connectivity index (χ1) is 7.03. The Bertz CT molecular complexity index is 265. The number of carboxylic acid groups (broad SMARTS) is 1. The van der Waals surface area contributed by atoms with E-state index in [-0.39, 0.29) is 18.4 Å². The Morgan fingerprint density at radius 3 is 2.53 bits per heavy atom. The van der Waals surface area contributed by atoms with Gasteiger partial charge in [0.05, 0.1) is 6.42 Å². The number of hydrogen-bond donors (Lipinski definition) is 2. The highest BCUT2D eigenvalue weighted by Crippen LogP contribution is 2.16. The molecule has 5 nitrogen and oxygen atoms in total. The molecule has 0 aromatic rings. The molecule has 0 bridgehead atoms. The van der Waals surface area contributed by atoms with Crippen LogP contribution in [0.4, 0.5) is 0 Å². The first kappa shape index (κ1) is 12.0. The van der Waals surface area contributed by atoms with Crippen LogP contribution in [0.1, 0.15) is 26.7 Å². The van der Waals surface area contributed by atoms with Crippen molar-refractivity contribution in [2.75, 3.05) is 0 Å². The van der Waals surface area contributed by atoms with Crippen molar-refractivity contribution in [1.82, 2.24) is 0 Å². The molecular formula is C9H18BNO4. The summed E-state index contributed by atoms with van der Waals surface area (Å²) < 4.78 is 5.37. The minimum atomic E-state index is -1.13. The maximum atomic E-state index is 11.5. The summed E-state index contributed by atoms with van der Waals surface area (Å²) in [6.45, 7) is 2.86. The minimum Gasteiger partial charge on any atom is -0.635 e. The van der Waals surface area contributed by atoms with Gasteiger partial charge in [0.2, 0.25) is 0 Å². The summed E-state index contributed by atoms with van der Waals surface area (Å²) in [6.07, 6.45) is 2.01. The number of carboxylic acids is 1. The lowest BCUT2D eigenvalue weighted by Gasteiger charge is -2.25. The zero-order valence-electron chi connectivity index (χ0n) is 9.23. The van der Waals surface area contributed by atoms with Gasteiger partial charge in [0.25, 0.3) is 0 Å². The molecule has 1 heterocycles. The maximum absolute atomic E-state index is 11.5. The van der Waals surface area contributed by atoms with Crippen LogP contribution in [0.25, 0.3) is 0 Å². The van der Waals surface area contributed by atoms with Crippen molar-refractivity contribution >= 4 is 18.4 Å². The van der Waals surface area contributed by atoms with Crippen LogP contribution in [0, 0.1) is 0 Å². The number of hydrogen-bond acceptors (Lipinski definition) is 3. The highest BCUT2D eigenvalue weighted by atomic mass is 16.5. The van der Waals surface area contributed by atoms with Gasteiger partial charge in [-0.25, -0.2) is 0 Å². The van der Waals surface area contributed by atoms with E-state index in [1.807, 2.05) is 19.1 Å². The standard InChI is InChI=1S/C9H18BNO4/c1-3-10(4-2)11-7(9(14)15-10)5-6-8(12)13/h7H,3-6,11H2,1-2H3,(H,12,13)/t7-/m0/s1. The first-order valence-corrected chi connectivity index (χ1v) is 5.52. The summed E-state index contributed by atoms with van der Waals surface area (Å²) in [7, 11) is 0. The van der Waals surface area contributed by atoms with Crippen LogP contribution in [0.3, 0.4) is 0 Å². The van der Waals surface area contributed by atoms with Gasteiger partial charge in [-0.1, -0.05) is 26.5 Å². The average molecular weight is 215 g/mol. The van der Waals surface area contributed by atoms with E-state index in [0.29, 0.717) is 6.42 Å². The van der Waals surface area contributed by atoms with Crippen molar-refractivity contribution in [3.05, 3.63) is 0 Å². The maximum Gasteiger partial charge on any atom is 0.383 e. The van der Waals surface area contributed by atoms with Gasteiger partial charge in [-0.2, -0.15) is 0 Å². The number of quaternary nitrogens is 1. The summed E-state index contributed by atoms with van der Waals surface area (Å²) >= 11 is 0. The number of aliphatic carboxylic acids is 1. The zero-order chi connectivity index (χ0) is 11.5. The number of carbonyl (C=O) groups excluding carboxylic acids is 1. The highest BCUT2D eigenvalue weighted by molar-refractivity contribution is 6.67. The van der Waals surface area contributed by atoms with Gasteiger partial charge in [0.1, 0.15) is 6.04 Å². The van der Waals surface area contributed by atoms with Crippen molar-refractivity contribution in [2.24, 2.45) is 0 Å². The molecule has 1 aliphatic rings. The van der Waals surface area contributed by atoms with Crippen molar-refractivity contribution in [3.8, 4) is 0 Å². The van der Waals surface area contributed by atoms with Crippen LogP contribution in [0.2, 0.25) is 12.6 Å². The lowest BCUT2D eigenvalue weighted by molar-refractivity contribution is -0.555. The molecule has 0 aliphatic carbocycles. The normalized spacial score (nSPS) is 23.9. The molecule has 3 N–H and O–H groups in total. The van der Waals surface area contributed by atoms with Crippen molar-refractivity contribution in [1.29, 1.82) is 0 Å². The van der Waals surface area contributed by atoms with Crippen LogP contribution >= 0.6 is 0 Å². The lowest BCUT2D eigenvalue weighted by atomic mass is 9.48. The Morgan fingerprint density at radius 2 is 2.13 bits per heavy atom. The number of nitrogens with two attached hydrogens (primary N) is 1. The molecule has 0 aromatic heterocycles. The van der Waals surface area contributed by atoms with Gasteiger partial charge in [-0.05, 0) is 0 Å². The molecule has 1 aliphatic heterocycles. The van der Waals surface area contributed by atoms with Gasteiger partial charge >= 0.3 is 18.4 Å². The van der Waals surface area contributed by atoms with Gasteiger partial charge in [0.15, 0.2) is 0 Å². The number of rotatable bonds is 5. The van der Waals surface area contributed by atoms with Crippen LogP contribution in [0.15, 0.2) is 0 Å². The zero-order valence-corrected chi connectivity index (χ0v) is 9.23. The number of carbonyl (C=O) groups is 2. The summed E-state index contributed by atoms with van der Waals surface area (Å²) in [5.74, 6) is -1.12. The Balaban J connectivity index is 2.55. The molecule has 15 heavy (non-hydrogen) atoms. The van der Waals surface area contributed by atoms with E-state index < -0.39 is 12.5 Å². The van der Waals surface area contributed by atoms with Gasteiger partial charge in [0, 0.05) is 6.42 Å². The SMILES string of the molecule is CC[B-]1(CC)[NH2+][C@@H](CCC(=O)O)C(=O)O1. The van der Waals surface area contributed by atoms with E-state index in [1.165, 1.54) is 0 Å². The predicted octanol–water partition coefficient (Wildman–Crippen LogP) is -0.178. The second-order valence-corrected chi connectivity index (χ2v) is 4.21. The molecule has 0 saturated carbocycles. The molecule has 1 fully saturated rings. The Labute approximate surface area is 89.1 Å². The molecule has 86 valence electrons. The predicted molar refractivity (Wildman–Crippen MR) is 55.4 cm³/mol. The quantitative estimate of drug-likeness (QED) is 0.623. The molecule has 1 saturated heterocycles. The fourth-order valence-corrected chi connectivity index (χ4v) is 2.08. The van der Waals surface area contributed by atoms with Gasteiger partial charge in [-0.3, -0.25) is 9.59 Å². The fourth-order valence-electron chi connectivity index (χ4n) is 2.08. The minimum absolute atomic E-state index is 0.0237. The fraction of sp³-hybridized carbons (Fsp3) is 0.778. The Kier molecular flexibility index (Phi) is 3.74. The smallest absolute Gasteiger partial charge is 0.383 e. The van der Waals surface area contributed by atoms with Crippen LogP contribution in [0.5, 0.6) is 0 Å². The van der Waals surface area contributed by atoms with Crippen molar-refractivity contribution < 1.29 is 24.6 Å². The van der Waals surface area contributed by atoms with E-state index in [2.05, 4.69) is 0 Å². The molecule has 1 atom stereocenters. The topological polar surface area (TPSA) is 80.2 Å². The molecular weight excluding hydrogens is 197 g/mol. The molecule has 0 radical (unpaired) electrons. The van der Waals surface area contributed by atoms with E-state index in [4.69, 9.17) is 9.76 Å². The molecule has 0 amide bonds. The highest BCUT2D eigenvalue weighted by Gasteiger charge is 2.44. The molecule has 0 aromatic carbocycles. The van der Waals surface area contributed by atoms with Crippen LogP contribution < -0.4 is 5.23 Å². The van der Waals surface area contributed by atoms with E-state index in [1.54, 1.807) is 0 Å². The second kappa shape index (κ2) is 4.66. The van der Waals surface area contributed by atoms with Crippen molar-refractivity contribution in [3.63, 3.8) is 0 Å². The van der Waals surface area contributed by atoms with Crippen molar-refractivity contribution in [2.45, 2.75) is 45.4 Å². The summed E-state index contributed by atoms with van der Waals surface area (Å²) in [6, 6.07) is -0.319. The third-order valence-electron chi connectivity index (χ3n) is 3.29. The second-order valence-electron chi connectivity index (χ2n) is 4.21. The summed E-state index contributed by atoms with van der Waals surface area (Å²) in [4.78, 5) is 21.9. The van der Waals surface area contributed by atoms with E-state index in [0.717, 1.165) is 12.6 Å². The molecule has 0 unspecified atom stereocenters. The Hall–Kier alpha value is -1.04. The Morgan fingerprint density at radius 1 is 1.53 bits per heavy atom. The lowest BCUT2D eigenvalue weighted by Crippen LogP contribution is -3.01. The first-order valence-electron chi connectivity index (χ1n) is 5.52. The summed E-state index contributed by atoms with van der Waals surface area (Å²) in [5, 5.41) is 10.5. The van der Waals surface area contributed by atoms with Crippen LogP contribution in [-0.4, -0.2) is 29.6 Å². The third-order valence-corrected chi connectivity index (χ3v) is 3.29.